The topological polar surface area (TPSA) is 30.0 Å². The number of alkyl halides is 1. The number of hydrogen-bond acceptors (Lipinski definition) is 3. The van der Waals surface area contributed by atoms with Gasteiger partial charge in [-0.15, -0.1) is 11.3 Å². The molecule has 0 N–H and O–H groups in total. The van der Waals surface area contributed by atoms with Gasteiger partial charge in [0.25, 0.3) is 0 Å². The van der Waals surface area contributed by atoms with Crippen molar-refractivity contribution < 1.29 is 4.79 Å². The van der Waals surface area contributed by atoms with Crippen molar-refractivity contribution in [3.8, 4) is 0 Å². The number of aromatic nitrogens is 1. The Labute approximate surface area is 90.5 Å². The molecule has 0 saturated carbocycles. The Balaban J connectivity index is 2.65. The van der Waals surface area contributed by atoms with Crippen molar-refractivity contribution in [2.75, 3.05) is 0 Å². The van der Waals surface area contributed by atoms with E-state index in [0.717, 1.165) is 17.7 Å². The Morgan fingerprint density at radius 2 is 2.38 bits per heavy atom. The van der Waals surface area contributed by atoms with Crippen LogP contribution in [0.25, 0.3) is 0 Å². The van der Waals surface area contributed by atoms with Gasteiger partial charge in [-0.3, -0.25) is 4.79 Å². The van der Waals surface area contributed by atoms with Crippen LogP contribution >= 0.6 is 27.3 Å². The molecule has 0 aliphatic carbocycles. The van der Waals surface area contributed by atoms with E-state index in [-0.39, 0.29) is 4.83 Å². The lowest BCUT2D eigenvalue weighted by atomic mass is 10.1. The molecule has 1 unspecified atom stereocenters. The summed E-state index contributed by atoms with van der Waals surface area (Å²) >= 11 is 5.02. The molecule has 0 aliphatic heterocycles. The molecule has 0 spiro atoms. The molecule has 0 aliphatic rings. The van der Waals surface area contributed by atoms with Gasteiger partial charge >= 0.3 is 0 Å². The van der Waals surface area contributed by atoms with Crippen LogP contribution in [0.1, 0.15) is 39.8 Å². The summed E-state index contributed by atoms with van der Waals surface area (Å²) in [6.45, 7) is 4.34. The zero-order valence-corrected chi connectivity index (χ0v) is 10.1. The van der Waals surface area contributed by atoms with Crippen molar-refractivity contribution in [1.82, 2.24) is 4.98 Å². The highest BCUT2D eigenvalue weighted by Crippen LogP contribution is 2.31. The number of nitrogens with zero attached hydrogens (tertiary/aromatic N) is 1. The van der Waals surface area contributed by atoms with E-state index in [4.69, 9.17) is 0 Å². The Kier molecular flexibility index (Phi) is 4.06. The van der Waals surface area contributed by atoms with E-state index >= 15 is 0 Å². The van der Waals surface area contributed by atoms with Crippen LogP contribution in [0.5, 0.6) is 0 Å². The van der Waals surface area contributed by atoms with Crippen LogP contribution in [-0.4, -0.2) is 11.3 Å². The second-order valence-corrected chi connectivity index (χ2v) is 5.51. The molecule has 0 saturated heterocycles. The summed E-state index contributed by atoms with van der Waals surface area (Å²) in [5, 5.41) is 0.996. The summed E-state index contributed by atoms with van der Waals surface area (Å²) in [4.78, 5) is 15.6. The maximum atomic E-state index is 10.4. The lowest BCUT2D eigenvalue weighted by molar-refractivity contribution is 0.112. The number of rotatable bonds is 4. The normalized spacial score (nSPS) is 13.2. The van der Waals surface area contributed by atoms with Crippen molar-refractivity contribution in [1.29, 1.82) is 0 Å². The zero-order chi connectivity index (χ0) is 9.84. The third-order valence-corrected chi connectivity index (χ3v) is 3.75. The first kappa shape index (κ1) is 10.9. The van der Waals surface area contributed by atoms with E-state index < -0.39 is 0 Å². The average Bonchev–Trinajstić information content (AvgIpc) is 2.50. The smallest absolute Gasteiger partial charge is 0.161 e. The molecule has 72 valence electrons. The van der Waals surface area contributed by atoms with Crippen LogP contribution in [0.4, 0.5) is 0 Å². The Morgan fingerprint density at radius 3 is 2.85 bits per heavy atom. The quantitative estimate of drug-likeness (QED) is 0.614. The number of carbonyl (C=O) groups excluding carboxylic acids is 1. The van der Waals surface area contributed by atoms with Gasteiger partial charge in [-0.1, -0.05) is 29.8 Å². The fraction of sp³-hybridized carbons (Fsp3) is 0.556. The van der Waals surface area contributed by atoms with Crippen molar-refractivity contribution >= 4 is 33.6 Å². The van der Waals surface area contributed by atoms with Gasteiger partial charge in [-0.05, 0) is 12.3 Å². The average molecular weight is 262 g/mol. The second-order valence-electron chi connectivity index (χ2n) is 3.32. The monoisotopic (exact) mass is 261 g/mol. The molecule has 0 radical (unpaired) electrons. The molecule has 0 amide bonds. The molecular formula is C9H12BrNOS. The fourth-order valence-corrected chi connectivity index (χ4v) is 2.89. The summed E-state index contributed by atoms with van der Waals surface area (Å²) in [6.07, 6.45) is 3.52. The standard InChI is InChI=1S/C9H12BrNOS/c1-6(2)3-8(10)9-11-4-7(5-12)13-9/h4-6,8H,3H2,1-2H3. The van der Waals surface area contributed by atoms with Gasteiger partial charge in [0, 0.05) is 6.20 Å². The Hall–Kier alpha value is -0.220. The molecule has 1 rings (SSSR count). The van der Waals surface area contributed by atoms with Gasteiger partial charge in [-0.2, -0.15) is 0 Å². The van der Waals surface area contributed by atoms with Crippen molar-refractivity contribution in [2.24, 2.45) is 5.92 Å². The molecule has 0 bridgehead atoms. The molecule has 2 nitrogen and oxygen atoms in total. The number of halogens is 1. The largest absolute Gasteiger partial charge is 0.297 e. The van der Waals surface area contributed by atoms with Gasteiger partial charge in [0.15, 0.2) is 6.29 Å². The number of hydrogen-bond donors (Lipinski definition) is 0. The maximum Gasteiger partial charge on any atom is 0.161 e. The fourth-order valence-electron chi connectivity index (χ4n) is 1.01. The Morgan fingerprint density at radius 1 is 1.69 bits per heavy atom. The number of carbonyl (C=O) groups is 1. The van der Waals surface area contributed by atoms with E-state index in [2.05, 4.69) is 34.8 Å². The SMILES string of the molecule is CC(C)CC(Br)c1ncc(C=O)s1. The maximum absolute atomic E-state index is 10.4. The van der Waals surface area contributed by atoms with Crippen LogP contribution in [0, 0.1) is 5.92 Å². The summed E-state index contributed by atoms with van der Waals surface area (Å²) in [5.41, 5.74) is 0. The van der Waals surface area contributed by atoms with Crippen molar-refractivity contribution in [2.45, 2.75) is 25.1 Å². The van der Waals surface area contributed by atoms with E-state index in [1.54, 1.807) is 6.20 Å². The summed E-state index contributed by atoms with van der Waals surface area (Å²) < 4.78 is 0. The molecule has 1 heterocycles. The van der Waals surface area contributed by atoms with E-state index in [1.165, 1.54) is 11.3 Å². The highest BCUT2D eigenvalue weighted by molar-refractivity contribution is 9.09. The third kappa shape index (κ3) is 3.19. The summed E-state index contributed by atoms with van der Waals surface area (Å²) in [5.74, 6) is 0.632. The minimum atomic E-state index is 0.284. The molecule has 13 heavy (non-hydrogen) atoms. The van der Waals surface area contributed by atoms with Gasteiger partial charge in [0.2, 0.25) is 0 Å². The summed E-state index contributed by atoms with van der Waals surface area (Å²) in [7, 11) is 0. The van der Waals surface area contributed by atoms with Gasteiger partial charge in [0.05, 0.1) is 9.70 Å². The van der Waals surface area contributed by atoms with Gasteiger partial charge in [0.1, 0.15) is 5.01 Å². The first-order chi connectivity index (χ1) is 6.13. The zero-order valence-electron chi connectivity index (χ0n) is 7.66. The minimum absolute atomic E-state index is 0.284. The molecule has 1 aromatic heterocycles. The second kappa shape index (κ2) is 4.86. The molecular weight excluding hydrogens is 250 g/mol. The van der Waals surface area contributed by atoms with E-state index in [0.29, 0.717) is 10.8 Å². The van der Waals surface area contributed by atoms with Crippen LogP contribution in [0.15, 0.2) is 6.20 Å². The first-order valence-corrected chi connectivity index (χ1v) is 5.91. The molecule has 0 fully saturated rings. The minimum Gasteiger partial charge on any atom is -0.297 e. The van der Waals surface area contributed by atoms with Crippen LogP contribution in [0.2, 0.25) is 0 Å². The van der Waals surface area contributed by atoms with Crippen LogP contribution in [0.3, 0.4) is 0 Å². The highest BCUT2D eigenvalue weighted by Gasteiger charge is 2.13. The van der Waals surface area contributed by atoms with Crippen LogP contribution in [-0.2, 0) is 0 Å². The highest BCUT2D eigenvalue weighted by atomic mass is 79.9. The van der Waals surface area contributed by atoms with Gasteiger partial charge < -0.3 is 0 Å². The Bertz CT molecular complexity index is 285. The predicted molar refractivity (Wildman–Crippen MR) is 58.6 cm³/mol. The molecule has 0 aromatic carbocycles. The van der Waals surface area contributed by atoms with E-state index in [9.17, 15) is 4.79 Å². The number of thiazole rings is 1. The first-order valence-electron chi connectivity index (χ1n) is 4.18. The molecule has 1 atom stereocenters. The van der Waals surface area contributed by atoms with Crippen molar-refractivity contribution in [3.63, 3.8) is 0 Å². The lowest BCUT2D eigenvalue weighted by Crippen LogP contribution is -1.94. The number of aldehydes is 1. The summed E-state index contributed by atoms with van der Waals surface area (Å²) in [6, 6.07) is 0. The third-order valence-electron chi connectivity index (χ3n) is 1.60. The van der Waals surface area contributed by atoms with E-state index in [1.807, 2.05) is 0 Å². The molecule has 4 heteroatoms. The van der Waals surface area contributed by atoms with Crippen LogP contribution < -0.4 is 0 Å². The molecule has 1 aromatic rings. The van der Waals surface area contributed by atoms with Crippen molar-refractivity contribution in [3.05, 3.63) is 16.1 Å². The lowest BCUT2D eigenvalue weighted by Gasteiger charge is -2.08. The predicted octanol–water partition coefficient (Wildman–Crippen LogP) is 3.44. The van der Waals surface area contributed by atoms with Gasteiger partial charge in [-0.25, -0.2) is 4.98 Å².